The molecule has 96 valence electrons. The van der Waals surface area contributed by atoms with Gasteiger partial charge in [0.1, 0.15) is 0 Å². The minimum atomic E-state index is -3.23. The van der Waals surface area contributed by atoms with E-state index in [4.69, 9.17) is 0 Å². The lowest BCUT2D eigenvalue weighted by atomic mass is 10.0. The van der Waals surface area contributed by atoms with Crippen molar-refractivity contribution in [3.05, 3.63) is 0 Å². The first-order chi connectivity index (χ1) is 7.56. The summed E-state index contributed by atoms with van der Waals surface area (Å²) in [6, 6.07) is 0. The van der Waals surface area contributed by atoms with Crippen LogP contribution in [0, 0.1) is 5.92 Å². The van der Waals surface area contributed by atoms with E-state index in [1.807, 2.05) is 7.05 Å². The van der Waals surface area contributed by atoms with Crippen molar-refractivity contribution >= 4 is 10.2 Å². The van der Waals surface area contributed by atoms with E-state index in [-0.39, 0.29) is 0 Å². The summed E-state index contributed by atoms with van der Waals surface area (Å²) in [7, 11) is -1.37. The SMILES string of the molecule is CNCCCNS(=O)(=O)N1CCC(C)CC1. The van der Waals surface area contributed by atoms with Crippen LogP contribution in [0.4, 0.5) is 0 Å². The Morgan fingerprint density at radius 1 is 1.25 bits per heavy atom. The molecule has 1 aliphatic rings. The summed E-state index contributed by atoms with van der Waals surface area (Å²) < 4.78 is 27.9. The van der Waals surface area contributed by atoms with E-state index in [2.05, 4.69) is 17.0 Å². The predicted molar refractivity (Wildman–Crippen MR) is 65.4 cm³/mol. The Labute approximate surface area is 98.8 Å². The lowest BCUT2D eigenvalue weighted by Gasteiger charge is -2.29. The van der Waals surface area contributed by atoms with Gasteiger partial charge in [-0.05, 0) is 38.8 Å². The molecule has 0 bridgehead atoms. The average molecular weight is 249 g/mol. The molecular formula is C10H23N3O2S. The van der Waals surface area contributed by atoms with Crippen molar-refractivity contribution in [2.24, 2.45) is 5.92 Å². The highest BCUT2D eigenvalue weighted by atomic mass is 32.2. The van der Waals surface area contributed by atoms with Crippen LogP contribution in [-0.4, -0.2) is 45.9 Å². The molecular weight excluding hydrogens is 226 g/mol. The Bertz CT molecular complexity index is 284. The number of rotatable bonds is 6. The van der Waals surface area contributed by atoms with Crippen molar-refractivity contribution in [1.29, 1.82) is 0 Å². The molecule has 1 fully saturated rings. The van der Waals surface area contributed by atoms with E-state index in [9.17, 15) is 8.42 Å². The number of nitrogens with zero attached hydrogens (tertiary/aromatic N) is 1. The molecule has 5 nitrogen and oxygen atoms in total. The monoisotopic (exact) mass is 249 g/mol. The predicted octanol–water partition coefficient (Wildman–Crippen LogP) is 0.162. The van der Waals surface area contributed by atoms with Gasteiger partial charge in [-0.1, -0.05) is 6.92 Å². The minimum Gasteiger partial charge on any atom is -0.320 e. The zero-order valence-corrected chi connectivity index (χ0v) is 11.0. The fourth-order valence-electron chi connectivity index (χ4n) is 1.78. The molecule has 0 amide bonds. The highest BCUT2D eigenvalue weighted by molar-refractivity contribution is 7.87. The third-order valence-corrected chi connectivity index (χ3v) is 4.58. The van der Waals surface area contributed by atoms with Gasteiger partial charge in [0.15, 0.2) is 0 Å². The maximum Gasteiger partial charge on any atom is 0.279 e. The molecule has 0 radical (unpaired) electrons. The quantitative estimate of drug-likeness (QED) is 0.659. The first-order valence-corrected chi connectivity index (χ1v) is 7.39. The summed E-state index contributed by atoms with van der Waals surface area (Å²) in [4.78, 5) is 0. The molecule has 1 heterocycles. The van der Waals surface area contributed by atoms with Gasteiger partial charge < -0.3 is 5.32 Å². The van der Waals surface area contributed by atoms with Crippen molar-refractivity contribution < 1.29 is 8.42 Å². The van der Waals surface area contributed by atoms with Gasteiger partial charge >= 0.3 is 0 Å². The van der Waals surface area contributed by atoms with E-state index < -0.39 is 10.2 Å². The standard InChI is InChI=1S/C10H23N3O2S/c1-10-4-8-13(9-5-10)16(14,15)12-7-3-6-11-2/h10-12H,3-9H2,1-2H3. The summed E-state index contributed by atoms with van der Waals surface area (Å²) in [5.74, 6) is 0.649. The van der Waals surface area contributed by atoms with Crippen molar-refractivity contribution in [3.8, 4) is 0 Å². The Kier molecular flexibility index (Phi) is 5.68. The first kappa shape index (κ1) is 13.9. The number of piperidine rings is 1. The summed E-state index contributed by atoms with van der Waals surface area (Å²) in [5.41, 5.74) is 0. The van der Waals surface area contributed by atoms with Crippen LogP contribution in [0.25, 0.3) is 0 Å². The minimum absolute atomic E-state index is 0.509. The highest BCUT2D eigenvalue weighted by Crippen LogP contribution is 2.17. The smallest absolute Gasteiger partial charge is 0.279 e. The van der Waals surface area contributed by atoms with Gasteiger partial charge in [0.05, 0.1) is 0 Å². The highest BCUT2D eigenvalue weighted by Gasteiger charge is 2.25. The third kappa shape index (κ3) is 4.37. The van der Waals surface area contributed by atoms with Crippen molar-refractivity contribution in [2.75, 3.05) is 33.2 Å². The Hall–Kier alpha value is -0.170. The maximum atomic E-state index is 11.8. The van der Waals surface area contributed by atoms with Gasteiger partial charge in [0.25, 0.3) is 10.2 Å². The van der Waals surface area contributed by atoms with Crippen molar-refractivity contribution in [3.63, 3.8) is 0 Å². The summed E-state index contributed by atoms with van der Waals surface area (Å²) in [6.07, 6.45) is 2.76. The molecule has 1 aliphatic heterocycles. The molecule has 0 aromatic carbocycles. The maximum absolute atomic E-state index is 11.8. The van der Waals surface area contributed by atoms with Crippen LogP contribution < -0.4 is 10.0 Å². The van der Waals surface area contributed by atoms with E-state index in [0.717, 1.165) is 25.8 Å². The van der Waals surface area contributed by atoms with Crippen LogP contribution >= 0.6 is 0 Å². The molecule has 0 aliphatic carbocycles. The Balaban J connectivity index is 2.33. The molecule has 0 saturated carbocycles. The molecule has 2 N–H and O–H groups in total. The topological polar surface area (TPSA) is 61.4 Å². The second kappa shape index (κ2) is 6.54. The summed E-state index contributed by atoms with van der Waals surface area (Å²) in [6.45, 7) is 4.82. The van der Waals surface area contributed by atoms with Crippen LogP contribution in [0.5, 0.6) is 0 Å². The number of nitrogens with one attached hydrogen (secondary N) is 2. The molecule has 0 atom stereocenters. The van der Waals surface area contributed by atoms with Gasteiger partial charge in [-0.25, -0.2) is 4.72 Å². The third-order valence-electron chi connectivity index (χ3n) is 2.97. The fourth-order valence-corrected chi connectivity index (χ4v) is 3.06. The molecule has 1 saturated heterocycles. The molecule has 6 heteroatoms. The van der Waals surface area contributed by atoms with Crippen LogP contribution in [0.1, 0.15) is 26.2 Å². The van der Waals surface area contributed by atoms with E-state index in [1.54, 1.807) is 4.31 Å². The molecule has 1 rings (SSSR count). The molecule has 0 aromatic rings. The largest absolute Gasteiger partial charge is 0.320 e. The summed E-state index contributed by atoms with van der Waals surface area (Å²) >= 11 is 0. The lowest BCUT2D eigenvalue weighted by Crippen LogP contribution is -2.45. The Morgan fingerprint density at radius 3 is 2.44 bits per heavy atom. The summed E-state index contributed by atoms with van der Waals surface area (Å²) in [5, 5.41) is 2.99. The van der Waals surface area contributed by atoms with Crippen molar-refractivity contribution in [2.45, 2.75) is 26.2 Å². The van der Waals surface area contributed by atoms with Crippen molar-refractivity contribution in [1.82, 2.24) is 14.3 Å². The Morgan fingerprint density at radius 2 is 1.88 bits per heavy atom. The second-order valence-corrected chi connectivity index (χ2v) is 6.19. The van der Waals surface area contributed by atoms with Crippen LogP contribution in [0.15, 0.2) is 0 Å². The van der Waals surface area contributed by atoms with Crippen LogP contribution in [0.3, 0.4) is 0 Å². The van der Waals surface area contributed by atoms with Gasteiger partial charge in [-0.3, -0.25) is 0 Å². The van der Waals surface area contributed by atoms with E-state index >= 15 is 0 Å². The van der Waals surface area contributed by atoms with Crippen LogP contribution in [-0.2, 0) is 10.2 Å². The lowest BCUT2D eigenvalue weighted by molar-refractivity contribution is 0.285. The van der Waals surface area contributed by atoms with E-state index in [0.29, 0.717) is 25.6 Å². The molecule has 0 spiro atoms. The normalized spacial score (nSPS) is 20.1. The second-order valence-electron chi connectivity index (χ2n) is 4.44. The van der Waals surface area contributed by atoms with E-state index in [1.165, 1.54) is 0 Å². The van der Waals surface area contributed by atoms with Gasteiger partial charge in [-0.15, -0.1) is 0 Å². The first-order valence-electron chi connectivity index (χ1n) is 5.95. The molecule has 16 heavy (non-hydrogen) atoms. The molecule has 0 unspecified atom stereocenters. The average Bonchev–Trinajstić information content (AvgIpc) is 2.25. The zero-order valence-electron chi connectivity index (χ0n) is 10.2. The number of hydrogen-bond acceptors (Lipinski definition) is 3. The fraction of sp³-hybridized carbons (Fsp3) is 1.00. The van der Waals surface area contributed by atoms with Gasteiger partial charge in [-0.2, -0.15) is 12.7 Å². The van der Waals surface area contributed by atoms with Gasteiger partial charge in [0, 0.05) is 19.6 Å². The van der Waals surface area contributed by atoms with Gasteiger partial charge in [0.2, 0.25) is 0 Å². The zero-order chi connectivity index (χ0) is 12.0. The molecule has 0 aromatic heterocycles. The van der Waals surface area contributed by atoms with Crippen LogP contribution in [0.2, 0.25) is 0 Å². The number of hydrogen-bond donors (Lipinski definition) is 2.